The van der Waals surface area contributed by atoms with Crippen LogP contribution in [0.25, 0.3) is 0 Å². The topological polar surface area (TPSA) is 88.5 Å². The van der Waals surface area contributed by atoms with Crippen LogP contribution in [0.2, 0.25) is 0 Å². The Morgan fingerprint density at radius 2 is 1.25 bits per heavy atom. The van der Waals surface area contributed by atoms with Gasteiger partial charge in [-0.3, -0.25) is 0 Å². The molecule has 0 aromatic rings. The molecule has 0 heterocycles. The Hall–Kier alpha value is -0.660. The molecule has 0 unspecified atom stereocenters. The maximum absolute atomic E-state index is 11.0. The molecule has 94 valence electrons. The van der Waals surface area contributed by atoms with Crippen molar-refractivity contribution in [2.75, 3.05) is 11.5 Å². The Kier molecular flexibility index (Phi) is 5.91. The molecule has 0 rings (SSSR count). The van der Waals surface area contributed by atoms with Crippen LogP contribution in [0.5, 0.6) is 0 Å². The van der Waals surface area contributed by atoms with Crippen molar-refractivity contribution < 1.29 is 21.9 Å². The predicted octanol–water partition coefficient (Wildman–Crippen LogP) is 0.244. The fourth-order valence-electron chi connectivity index (χ4n) is 0.657. The first-order chi connectivity index (χ1) is 7.22. The van der Waals surface area contributed by atoms with Crippen molar-refractivity contribution in [3.8, 4) is 0 Å². The van der Waals surface area contributed by atoms with Gasteiger partial charge in [-0.25, -0.2) is 16.8 Å². The van der Waals surface area contributed by atoms with E-state index in [4.69, 9.17) is 0 Å². The van der Waals surface area contributed by atoms with Crippen LogP contribution in [0, 0.1) is 0 Å². The van der Waals surface area contributed by atoms with Crippen LogP contribution >= 0.6 is 0 Å². The minimum Gasteiger partial charge on any atom is -0.385 e. The van der Waals surface area contributed by atoms with Gasteiger partial charge >= 0.3 is 0 Å². The highest BCUT2D eigenvalue weighted by Crippen LogP contribution is 1.99. The van der Waals surface area contributed by atoms with Crippen LogP contribution in [0.4, 0.5) is 0 Å². The summed E-state index contributed by atoms with van der Waals surface area (Å²) in [6, 6.07) is 0. The number of aliphatic hydroxyl groups is 1. The third-order valence-corrected chi connectivity index (χ3v) is 4.52. The number of sulfone groups is 2. The second kappa shape index (κ2) is 6.17. The first kappa shape index (κ1) is 15.3. The Bertz CT molecular complexity index is 412. The molecule has 0 saturated heterocycles. The van der Waals surface area contributed by atoms with E-state index in [2.05, 4.69) is 0 Å². The normalized spacial score (nSPS) is 15.9. The van der Waals surface area contributed by atoms with Crippen LogP contribution in [0.15, 0.2) is 23.0 Å². The Labute approximate surface area is 96.3 Å². The molecule has 0 amide bonds. The van der Waals surface area contributed by atoms with Gasteiger partial charge < -0.3 is 5.11 Å². The molecule has 0 radical (unpaired) electrons. The summed E-state index contributed by atoms with van der Waals surface area (Å²) in [4.78, 5) is 0. The minimum absolute atomic E-state index is 0.0623. The van der Waals surface area contributed by atoms with Gasteiger partial charge in [-0.05, 0) is 12.2 Å². The summed E-state index contributed by atoms with van der Waals surface area (Å²) in [7, 11) is -6.60. The molecule has 0 saturated carbocycles. The molecule has 5 nitrogen and oxygen atoms in total. The van der Waals surface area contributed by atoms with Crippen molar-refractivity contribution in [2.24, 2.45) is 0 Å². The van der Waals surface area contributed by atoms with E-state index < -0.39 is 25.8 Å². The molecule has 1 N–H and O–H groups in total. The van der Waals surface area contributed by atoms with Crippen LogP contribution in [0.3, 0.4) is 0 Å². The highest BCUT2D eigenvalue weighted by Gasteiger charge is 2.04. The third-order valence-electron chi connectivity index (χ3n) is 1.77. The number of aliphatic hydroxyl groups excluding tert-OH is 1. The summed E-state index contributed by atoms with van der Waals surface area (Å²) in [5.41, 5.74) is 0. The monoisotopic (exact) mass is 268 g/mol. The average Bonchev–Trinajstić information content (AvgIpc) is 2.24. The maximum atomic E-state index is 11.0. The summed E-state index contributed by atoms with van der Waals surface area (Å²) < 4.78 is 44.1. The molecule has 0 aromatic heterocycles. The lowest BCUT2D eigenvalue weighted by Gasteiger charge is -1.98. The fourth-order valence-corrected chi connectivity index (χ4v) is 1.84. The molecule has 0 atom stereocenters. The van der Waals surface area contributed by atoms with Crippen molar-refractivity contribution >= 4 is 19.7 Å². The lowest BCUT2D eigenvalue weighted by Crippen LogP contribution is -2.04. The smallest absolute Gasteiger partial charge is 0.171 e. The van der Waals surface area contributed by atoms with E-state index in [0.717, 1.165) is 23.0 Å². The molecule has 7 heteroatoms. The third kappa shape index (κ3) is 6.76. The number of hydrogen-bond acceptors (Lipinski definition) is 5. The second-order valence-electron chi connectivity index (χ2n) is 3.05. The van der Waals surface area contributed by atoms with Crippen LogP contribution in [0.1, 0.15) is 13.8 Å². The van der Waals surface area contributed by atoms with E-state index in [1.54, 1.807) is 0 Å². The standard InChI is InChI=1S/C9H16O5S2/c1-3-15(11,12)7-5-9(10)6-8-16(13,14)4-2/h5-10H,3-4H2,1-2H3. The van der Waals surface area contributed by atoms with E-state index in [1.165, 1.54) is 13.8 Å². The van der Waals surface area contributed by atoms with E-state index in [0.29, 0.717) is 0 Å². The van der Waals surface area contributed by atoms with Gasteiger partial charge in [-0.2, -0.15) is 0 Å². The summed E-state index contributed by atoms with van der Waals surface area (Å²) in [5, 5.41) is 11.0. The van der Waals surface area contributed by atoms with Crippen molar-refractivity contribution in [3.05, 3.63) is 23.0 Å². The van der Waals surface area contributed by atoms with Gasteiger partial charge in [0.1, 0.15) is 0 Å². The van der Waals surface area contributed by atoms with E-state index >= 15 is 0 Å². The molecule has 0 aliphatic carbocycles. The zero-order valence-electron chi connectivity index (χ0n) is 9.20. The van der Waals surface area contributed by atoms with Gasteiger partial charge in [-0.15, -0.1) is 0 Å². The Morgan fingerprint density at radius 3 is 1.50 bits per heavy atom. The van der Waals surface area contributed by atoms with E-state index in [1.807, 2.05) is 0 Å². The molecule has 0 fully saturated rings. The summed E-state index contributed by atoms with van der Waals surface area (Å²) in [6.07, 6.45) is 0.837. The SMILES string of the molecule is CCS(=O)(=O)C=CC(O)C=CS(=O)(=O)CC. The molecule has 0 bridgehead atoms. The first-order valence-electron chi connectivity index (χ1n) is 4.72. The zero-order chi connectivity index (χ0) is 12.8. The summed E-state index contributed by atoms with van der Waals surface area (Å²) >= 11 is 0. The van der Waals surface area contributed by atoms with Gasteiger partial charge in [0.15, 0.2) is 19.7 Å². The number of rotatable bonds is 6. The Morgan fingerprint density at radius 1 is 0.938 bits per heavy atom. The van der Waals surface area contributed by atoms with Crippen LogP contribution < -0.4 is 0 Å². The maximum Gasteiger partial charge on any atom is 0.171 e. The van der Waals surface area contributed by atoms with Crippen LogP contribution in [-0.2, 0) is 19.7 Å². The van der Waals surface area contributed by atoms with Crippen LogP contribution in [-0.4, -0.2) is 39.6 Å². The van der Waals surface area contributed by atoms with Crippen molar-refractivity contribution in [2.45, 2.75) is 20.0 Å². The second-order valence-corrected chi connectivity index (χ2v) is 7.40. The van der Waals surface area contributed by atoms with Gasteiger partial charge in [0.05, 0.1) is 17.6 Å². The average molecular weight is 268 g/mol. The molecule has 0 aliphatic rings. The fraction of sp³-hybridized carbons (Fsp3) is 0.556. The van der Waals surface area contributed by atoms with Gasteiger partial charge in [0.25, 0.3) is 0 Å². The predicted molar refractivity (Wildman–Crippen MR) is 63.2 cm³/mol. The van der Waals surface area contributed by atoms with E-state index in [-0.39, 0.29) is 11.5 Å². The molecule has 0 aromatic carbocycles. The van der Waals surface area contributed by atoms with Gasteiger partial charge in [0.2, 0.25) is 0 Å². The van der Waals surface area contributed by atoms with Crippen molar-refractivity contribution in [1.82, 2.24) is 0 Å². The van der Waals surface area contributed by atoms with E-state index in [9.17, 15) is 21.9 Å². The molecular formula is C9H16O5S2. The highest BCUT2D eigenvalue weighted by atomic mass is 32.2. The molecular weight excluding hydrogens is 252 g/mol. The van der Waals surface area contributed by atoms with Gasteiger partial charge in [0, 0.05) is 10.8 Å². The molecule has 0 aliphatic heterocycles. The lowest BCUT2D eigenvalue weighted by atomic mass is 10.4. The molecule has 16 heavy (non-hydrogen) atoms. The van der Waals surface area contributed by atoms with Crippen molar-refractivity contribution in [1.29, 1.82) is 0 Å². The first-order valence-corrected chi connectivity index (χ1v) is 8.15. The quantitative estimate of drug-likeness (QED) is 0.745. The highest BCUT2D eigenvalue weighted by molar-refractivity contribution is 7.94. The van der Waals surface area contributed by atoms with Gasteiger partial charge in [-0.1, -0.05) is 13.8 Å². The zero-order valence-corrected chi connectivity index (χ0v) is 10.8. The number of hydrogen-bond donors (Lipinski definition) is 1. The summed E-state index contributed by atoms with van der Waals surface area (Å²) in [5.74, 6) is -0.125. The summed E-state index contributed by atoms with van der Waals surface area (Å²) in [6.45, 7) is 2.95. The van der Waals surface area contributed by atoms with Crippen molar-refractivity contribution in [3.63, 3.8) is 0 Å². The largest absolute Gasteiger partial charge is 0.385 e. The Balaban J connectivity index is 4.59. The minimum atomic E-state index is -3.30. The lowest BCUT2D eigenvalue weighted by molar-refractivity contribution is 0.272. The molecule has 0 spiro atoms.